The van der Waals surface area contributed by atoms with Crippen LogP contribution in [-0.2, 0) is 24.2 Å². The third-order valence-electron chi connectivity index (χ3n) is 4.86. The van der Waals surface area contributed by atoms with E-state index in [9.17, 15) is 14.0 Å². The van der Waals surface area contributed by atoms with E-state index in [1.807, 2.05) is 36.4 Å². The first-order chi connectivity index (χ1) is 13.0. The Balaban J connectivity index is 1.66. The summed E-state index contributed by atoms with van der Waals surface area (Å²) >= 11 is 0. The number of nitrogens with zero attached hydrogens (tertiary/aromatic N) is 1. The summed E-state index contributed by atoms with van der Waals surface area (Å²) in [5, 5.41) is 11.9. The van der Waals surface area contributed by atoms with Crippen molar-refractivity contribution in [1.29, 1.82) is 0 Å². The summed E-state index contributed by atoms with van der Waals surface area (Å²) in [5.41, 5.74) is 2.53. The standard InChI is InChI=1S/C21H23FN2O3/c22-19-8-4-7-16-11-12-24(14-18(16)19)21(27)23-17(9-10-20(25)26)13-15-5-2-1-3-6-15/h1-8,17H,9-14H2,(H,23,27)(H,25,26). The number of carbonyl (C=O) groups excluding carboxylic acids is 1. The molecule has 27 heavy (non-hydrogen) atoms. The first-order valence-corrected chi connectivity index (χ1v) is 9.10. The zero-order valence-electron chi connectivity index (χ0n) is 15.0. The topological polar surface area (TPSA) is 69.6 Å². The molecular weight excluding hydrogens is 347 g/mol. The van der Waals surface area contributed by atoms with E-state index in [4.69, 9.17) is 5.11 Å². The number of fused-ring (bicyclic) bond motifs is 1. The maximum Gasteiger partial charge on any atom is 0.317 e. The zero-order chi connectivity index (χ0) is 19.2. The van der Waals surface area contributed by atoms with Crippen LogP contribution in [0.1, 0.15) is 29.5 Å². The largest absolute Gasteiger partial charge is 0.481 e. The molecule has 2 N–H and O–H groups in total. The van der Waals surface area contributed by atoms with Crippen molar-refractivity contribution in [3.63, 3.8) is 0 Å². The molecule has 0 aromatic heterocycles. The minimum atomic E-state index is -0.892. The van der Waals surface area contributed by atoms with E-state index in [0.29, 0.717) is 31.4 Å². The molecule has 0 saturated carbocycles. The molecule has 5 nitrogen and oxygen atoms in total. The zero-order valence-corrected chi connectivity index (χ0v) is 15.0. The molecule has 142 valence electrons. The van der Waals surface area contributed by atoms with Gasteiger partial charge in [-0.25, -0.2) is 9.18 Å². The second kappa shape index (κ2) is 8.66. The van der Waals surface area contributed by atoms with Crippen molar-refractivity contribution in [3.05, 3.63) is 71.0 Å². The molecule has 3 rings (SSSR count). The van der Waals surface area contributed by atoms with E-state index in [-0.39, 0.29) is 30.9 Å². The maximum absolute atomic E-state index is 14.0. The van der Waals surface area contributed by atoms with Gasteiger partial charge in [-0.2, -0.15) is 0 Å². The summed E-state index contributed by atoms with van der Waals surface area (Å²) in [5.74, 6) is -1.19. The third-order valence-corrected chi connectivity index (χ3v) is 4.86. The molecule has 6 heteroatoms. The fourth-order valence-corrected chi connectivity index (χ4v) is 3.40. The molecule has 2 aromatic rings. The normalized spacial score (nSPS) is 14.3. The molecule has 2 aromatic carbocycles. The van der Waals surface area contributed by atoms with Gasteiger partial charge >= 0.3 is 12.0 Å². The number of hydrogen-bond acceptors (Lipinski definition) is 2. The number of amides is 2. The molecule has 1 atom stereocenters. The van der Waals surface area contributed by atoms with Gasteiger partial charge in [0.05, 0.1) is 6.54 Å². The van der Waals surface area contributed by atoms with Crippen molar-refractivity contribution in [2.45, 2.75) is 38.3 Å². The Morgan fingerprint density at radius 1 is 1.15 bits per heavy atom. The molecule has 0 saturated heterocycles. The Morgan fingerprint density at radius 2 is 1.93 bits per heavy atom. The molecule has 0 radical (unpaired) electrons. The van der Waals surface area contributed by atoms with Gasteiger partial charge in [0.2, 0.25) is 0 Å². The Morgan fingerprint density at radius 3 is 2.67 bits per heavy atom. The van der Waals surface area contributed by atoms with Crippen molar-refractivity contribution in [1.82, 2.24) is 10.2 Å². The van der Waals surface area contributed by atoms with Gasteiger partial charge in [0.15, 0.2) is 0 Å². The van der Waals surface area contributed by atoms with E-state index in [1.54, 1.807) is 11.0 Å². The van der Waals surface area contributed by atoms with Gasteiger partial charge in [-0.15, -0.1) is 0 Å². The van der Waals surface area contributed by atoms with Crippen molar-refractivity contribution in [2.75, 3.05) is 6.54 Å². The highest BCUT2D eigenvalue weighted by molar-refractivity contribution is 5.75. The summed E-state index contributed by atoms with van der Waals surface area (Å²) in [6.45, 7) is 0.740. The average molecular weight is 370 g/mol. The van der Waals surface area contributed by atoms with Crippen LogP contribution in [0.4, 0.5) is 9.18 Å². The Kier molecular flexibility index (Phi) is 6.06. The number of halogens is 1. The van der Waals surface area contributed by atoms with Crippen molar-refractivity contribution in [3.8, 4) is 0 Å². The van der Waals surface area contributed by atoms with Crippen LogP contribution in [-0.4, -0.2) is 34.6 Å². The summed E-state index contributed by atoms with van der Waals surface area (Å²) in [4.78, 5) is 25.3. The lowest BCUT2D eigenvalue weighted by molar-refractivity contribution is -0.137. The van der Waals surface area contributed by atoms with Crippen LogP contribution < -0.4 is 5.32 Å². The summed E-state index contributed by atoms with van der Waals surface area (Å²) < 4.78 is 14.0. The first-order valence-electron chi connectivity index (χ1n) is 9.10. The molecule has 0 aliphatic carbocycles. The summed E-state index contributed by atoms with van der Waals surface area (Å²) in [6.07, 6.45) is 1.49. The van der Waals surface area contributed by atoms with Crippen molar-refractivity contribution in [2.24, 2.45) is 0 Å². The minimum Gasteiger partial charge on any atom is -0.481 e. The van der Waals surface area contributed by atoms with Crippen LogP contribution in [0.15, 0.2) is 48.5 Å². The minimum absolute atomic E-state index is 0.0186. The highest BCUT2D eigenvalue weighted by Gasteiger charge is 2.24. The number of carboxylic acid groups (broad SMARTS) is 1. The second-order valence-electron chi connectivity index (χ2n) is 6.82. The van der Waals surface area contributed by atoms with Gasteiger partial charge in [-0.05, 0) is 36.5 Å². The lowest BCUT2D eigenvalue weighted by Crippen LogP contribution is -2.47. The Labute approximate surface area is 157 Å². The third kappa shape index (κ3) is 5.06. The molecule has 1 aliphatic rings. The van der Waals surface area contributed by atoms with Crippen LogP contribution in [0.5, 0.6) is 0 Å². The highest BCUT2D eigenvalue weighted by atomic mass is 19.1. The van der Waals surface area contributed by atoms with E-state index < -0.39 is 5.97 Å². The number of aliphatic carboxylic acids is 1. The monoisotopic (exact) mass is 370 g/mol. The van der Waals surface area contributed by atoms with Gasteiger partial charge in [-0.3, -0.25) is 4.79 Å². The molecule has 1 aliphatic heterocycles. The van der Waals surface area contributed by atoms with Gasteiger partial charge in [0, 0.05) is 24.6 Å². The van der Waals surface area contributed by atoms with Crippen molar-refractivity contribution < 1.29 is 19.1 Å². The number of carboxylic acids is 1. The number of hydrogen-bond donors (Lipinski definition) is 2. The number of urea groups is 1. The molecule has 0 bridgehead atoms. The van der Waals surface area contributed by atoms with Gasteiger partial charge < -0.3 is 15.3 Å². The molecule has 1 unspecified atom stereocenters. The van der Waals surface area contributed by atoms with Crippen LogP contribution in [0.25, 0.3) is 0 Å². The quantitative estimate of drug-likeness (QED) is 0.819. The van der Waals surface area contributed by atoms with Gasteiger partial charge in [-0.1, -0.05) is 42.5 Å². The summed E-state index contributed by atoms with van der Waals surface area (Å²) in [6, 6.07) is 14.0. The van der Waals surface area contributed by atoms with Gasteiger partial charge in [0.1, 0.15) is 5.82 Å². The lowest BCUT2D eigenvalue weighted by Gasteiger charge is -2.31. The number of rotatable bonds is 6. The van der Waals surface area contributed by atoms with Crippen LogP contribution >= 0.6 is 0 Å². The van der Waals surface area contributed by atoms with Crippen LogP contribution in [0, 0.1) is 5.82 Å². The number of carbonyl (C=O) groups is 2. The van der Waals surface area contributed by atoms with Gasteiger partial charge in [0.25, 0.3) is 0 Å². The highest BCUT2D eigenvalue weighted by Crippen LogP contribution is 2.22. The smallest absolute Gasteiger partial charge is 0.317 e. The predicted molar refractivity (Wildman–Crippen MR) is 99.8 cm³/mol. The van der Waals surface area contributed by atoms with E-state index in [1.165, 1.54) is 6.07 Å². The fourth-order valence-electron chi connectivity index (χ4n) is 3.40. The molecule has 2 amide bonds. The first kappa shape index (κ1) is 18.9. The molecular formula is C21H23FN2O3. The van der Waals surface area contributed by atoms with E-state index >= 15 is 0 Å². The number of benzene rings is 2. The fraction of sp³-hybridized carbons (Fsp3) is 0.333. The van der Waals surface area contributed by atoms with Crippen LogP contribution in [0.3, 0.4) is 0 Å². The van der Waals surface area contributed by atoms with Crippen LogP contribution in [0.2, 0.25) is 0 Å². The Hall–Kier alpha value is -2.89. The number of nitrogens with one attached hydrogen (secondary N) is 1. The molecule has 0 spiro atoms. The average Bonchev–Trinajstić information content (AvgIpc) is 2.67. The summed E-state index contributed by atoms with van der Waals surface area (Å²) in [7, 11) is 0. The second-order valence-corrected chi connectivity index (χ2v) is 6.82. The van der Waals surface area contributed by atoms with Crippen molar-refractivity contribution >= 4 is 12.0 Å². The van der Waals surface area contributed by atoms with E-state index in [0.717, 1.165) is 11.1 Å². The maximum atomic E-state index is 14.0. The SMILES string of the molecule is O=C(O)CCC(Cc1ccccc1)NC(=O)N1CCc2cccc(F)c2C1. The lowest BCUT2D eigenvalue weighted by atomic mass is 9.99. The Bertz CT molecular complexity index is 810. The molecule has 0 fully saturated rings. The molecule has 1 heterocycles. The predicted octanol–water partition coefficient (Wildman–Crippen LogP) is 3.37. The van der Waals surface area contributed by atoms with E-state index in [2.05, 4.69) is 5.32 Å².